The number of hydrogen-bond acceptors (Lipinski definition) is 4. The average Bonchev–Trinajstić information content (AvgIpc) is 2.85. The van der Waals surface area contributed by atoms with Crippen molar-refractivity contribution in [3.63, 3.8) is 0 Å². The highest BCUT2D eigenvalue weighted by Gasteiger charge is 2.25. The van der Waals surface area contributed by atoms with Gasteiger partial charge >= 0.3 is 5.97 Å². The van der Waals surface area contributed by atoms with Crippen LogP contribution in [0.25, 0.3) is 10.6 Å². The molecule has 0 saturated heterocycles. The Morgan fingerprint density at radius 1 is 1.47 bits per heavy atom. The number of aromatic carboxylic acids is 1. The Hall–Kier alpha value is -1.69. The van der Waals surface area contributed by atoms with Gasteiger partial charge in [-0.1, -0.05) is 20.8 Å². The summed E-state index contributed by atoms with van der Waals surface area (Å²) in [5.41, 5.74) is 2.04. The number of carboxylic acids is 1. The summed E-state index contributed by atoms with van der Waals surface area (Å²) < 4.78 is 0. The summed E-state index contributed by atoms with van der Waals surface area (Å²) in [6.45, 7) is 5.94. The summed E-state index contributed by atoms with van der Waals surface area (Å²) >= 11 is 1.39. The fraction of sp³-hybridized carbons (Fsp3) is 0.364. The highest BCUT2D eigenvalue weighted by molar-refractivity contribution is 7.13. The molecule has 0 aliphatic heterocycles. The van der Waals surface area contributed by atoms with Crippen LogP contribution in [0.2, 0.25) is 0 Å². The van der Waals surface area contributed by atoms with Crippen molar-refractivity contribution < 1.29 is 9.90 Å². The van der Waals surface area contributed by atoms with Gasteiger partial charge in [0, 0.05) is 11.6 Å². The fourth-order valence-electron chi connectivity index (χ4n) is 1.40. The molecule has 0 radical (unpaired) electrons. The molecule has 2 N–H and O–H groups in total. The molecule has 6 heteroatoms. The molecule has 0 aliphatic carbocycles. The van der Waals surface area contributed by atoms with E-state index in [0.29, 0.717) is 11.5 Å². The van der Waals surface area contributed by atoms with Gasteiger partial charge < -0.3 is 10.1 Å². The van der Waals surface area contributed by atoms with E-state index in [1.54, 1.807) is 11.7 Å². The lowest BCUT2D eigenvalue weighted by molar-refractivity contribution is 0.0692. The molecule has 2 rings (SSSR count). The van der Waals surface area contributed by atoms with Gasteiger partial charge in [0.1, 0.15) is 5.82 Å². The normalized spacial score (nSPS) is 11.7. The van der Waals surface area contributed by atoms with Crippen LogP contribution in [0.5, 0.6) is 0 Å². The Morgan fingerprint density at radius 3 is 2.65 bits per heavy atom. The standard InChI is InChI=1S/C11H13N3O2S/c1-11(2,3)10-13-7(6-4-12-5-17-6)8(14-10)9(15)16/h4-5H,1-3H3,(H,13,14)(H,15,16). The van der Waals surface area contributed by atoms with Crippen LogP contribution in [-0.4, -0.2) is 26.0 Å². The molecule has 0 amide bonds. The second-order valence-electron chi connectivity index (χ2n) is 4.73. The Bertz CT molecular complexity index is 538. The molecule has 0 fully saturated rings. The van der Waals surface area contributed by atoms with Gasteiger partial charge in [-0.2, -0.15) is 0 Å². The monoisotopic (exact) mass is 251 g/mol. The van der Waals surface area contributed by atoms with Gasteiger partial charge in [-0.05, 0) is 0 Å². The van der Waals surface area contributed by atoms with Crippen molar-refractivity contribution in [2.45, 2.75) is 26.2 Å². The number of H-pyrrole nitrogens is 1. The lowest BCUT2D eigenvalue weighted by Crippen LogP contribution is -2.13. The van der Waals surface area contributed by atoms with Gasteiger partial charge in [-0.25, -0.2) is 9.78 Å². The number of carboxylic acid groups (broad SMARTS) is 1. The lowest BCUT2D eigenvalue weighted by atomic mass is 9.96. The number of aromatic nitrogens is 3. The number of aromatic amines is 1. The van der Waals surface area contributed by atoms with Gasteiger partial charge in [0.25, 0.3) is 0 Å². The molecule has 2 aromatic heterocycles. The molecule has 0 aliphatic rings. The van der Waals surface area contributed by atoms with E-state index in [1.165, 1.54) is 11.3 Å². The van der Waals surface area contributed by atoms with Crippen LogP contribution < -0.4 is 0 Å². The smallest absolute Gasteiger partial charge is 0.356 e. The lowest BCUT2D eigenvalue weighted by Gasteiger charge is -2.13. The highest BCUT2D eigenvalue weighted by atomic mass is 32.1. The van der Waals surface area contributed by atoms with Gasteiger partial charge in [-0.15, -0.1) is 11.3 Å². The predicted octanol–water partition coefficient (Wildman–Crippen LogP) is 2.53. The first kappa shape index (κ1) is 11.8. The Balaban J connectivity index is 2.58. The van der Waals surface area contributed by atoms with Crippen molar-refractivity contribution in [3.8, 4) is 10.6 Å². The molecule has 0 aromatic carbocycles. The maximum atomic E-state index is 11.2. The first-order chi connectivity index (χ1) is 7.89. The largest absolute Gasteiger partial charge is 0.476 e. The van der Waals surface area contributed by atoms with E-state index in [-0.39, 0.29) is 11.1 Å². The molecule has 0 bridgehead atoms. The number of carbonyl (C=O) groups is 1. The van der Waals surface area contributed by atoms with E-state index in [4.69, 9.17) is 5.11 Å². The van der Waals surface area contributed by atoms with E-state index in [2.05, 4.69) is 15.0 Å². The third-order valence-electron chi connectivity index (χ3n) is 2.30. The molecule has 0 unspecified atom stereocenters. The van der Waals surface area contributed by atoms with Crippen molar-refractivity contribution in [2.24, 2.45) is 0 Å². The number of imidazole rings is 1. The minimum atomic E-state index is -1.03. The number of hydrogen-bond donors (Lipinski definition) is 2. The van der Waals surface area contributed by atoms with Crippen LogP contribution in [-0.2, 0) is 5.41 Å². The van der Waals surface area contributed by atoms with Crippen LogP contribution in [0.1, 0.15) is 37.1 Å². The second-order valence-corrected chi connectivity index (χ2v) is 5.62. The van der Waals surface area contributed by atoms with Crippen LogP contribution in [0.3, 0.4) is 0 Å². The Kier molecular flexibility index (Phi) is 2.74. The fourth-order valence-corrected chi connectivity index (χ4v) is 2.02. The summed E-state index contributed by atoms with van der Waals surface area (Å²) in [6.07, 6.45) is 1.64. The van der Waals surface area contributed by atoms with Crippen molar-refractivity contribution >= 4 is 17.3 Å². The maximum Gasteiger partial charge on any atom is 0.356 e. The van der Waals surface area contributed by atoms with Crippen LogP contribution in [0, 0.1) is 0 Å². The van der Waals surface area contributed by atoms with Crippen LogP contribution in [0.4, 0.5) is 0 Å². The van der Waals surface area contributed by atoms with Gasteiger partial charge in [0.2, 0.25) is 0 Å². The van der Waals surface area contributed by atoms with E-state index >= 15 is 0 Å². The average molecular weight is 251 g/mol. The molecular formula is C11H13N3O2S. The van der Waals surface area contributed by atoms with Gasteiger partial charge in [0.05, 0.1) is 16.1 Å². The topological polar surface area (TPSA) is 78.9 Å². The van der Waals surface area contributed by atoms with Gasteiger partial charge in [0.15, 0.2) is 5.69 Å². The van der Waals surface area contributed by atoms with Crippen molar-refractivity contribution in [2.75, 3.05) is 0 Å². The molecule has 90 valence electrons. The highest BCUT2D eigenvalue weighted by Crippen LogP contribution is 2.29. The second kappa shape index (κ2) is 3.96. The number of nitrogens with zero attached hydrogens (tertiary/aromatic N) is 2. The molecule has 0 saturated carbocycles. The molecule has 0 atom stereocenters. The molecule has 5 nitrogen and oxygen atoms in total. The quantitative estimate of drug-likeness (QED) is 0.859. The van der Waals surface area contributed by atoms with Crippen molar-refractivity contribution in [1.82, 2.24) is 15.0 Å². The first-order valence-corrected chi connectivity index (χ1v) is 6.00. The zero-order chi connectivity index (χ0) is 12.6. The van der Waals surface area contributed by atoms with E-state index in [0.717, 1.165) is 4.88 Å². The summed E-state index contributed by atoms with van der Waals surface area (Å²) in [6, 6.07) is 0. The third kappa shape index (κ3) is 2.21. The Labute approximate surface area is 103 Å². The number of rotatable bonds is 2. The maximum absolute atomic E-state index is 11.2. The van der Waals surface area contributed by atoms with E-state index < -0.39 is 5.97 Å². The molecule has 2 aromatic rings. The minimum Gasteiger partial charge on any atom is -0.476 e. The molecular weight excluding hydrogens is 238 g/mol. The van der Waals surface area contributed by atoms with Crippen molar-refractivity contribution in [3.05, 3.63) is 23.2 Å². The molecule has 2 heterocycles. The van der Waals surface area contributed by atoms with E-state index in [9.17, 15) is 4.79 Å². The summed E-state index contributed by atoms with van der Waals surface area (Å²) in [5.74, 6) is -0.363. The summed E-state index contributed by atoms with van der Waals surface area (Å²) in [5, 5.41) is 9.15. The molecule has 0 spiro atoms. The predicted molar refractivity (Wildman–Crippen MR) is 65.4 cm³/mol. The zero-order valence-electron chi connectivity index (χ0n) is 9.81. The third-order valence-corrected chi connectivity index (χ3v) is 3.09. The number of thiazole rings is 1. The van der Waals surface area contributed by atoms with Crippen molar-refractivity contribution in [1.29, 1.82) is 0 Å². The van der Waals surface area contributed by atoms with E-state index in [1.807, 2.05) is 20.8 Å². The summed E-state index contributed by atoms with van der Waals surface area (Å²) in [7, 11) is 0. The van der Waals surface area contributed by atoms with Crippen LogP contribution in [0.15, 0.2) is 11.7 Å². The zero-order valence-corrected chi connectivity index (χ0v) is 10.6. The minimum absolute atomic E-state index is 0.0548. The summed E-state index contributed by atoms with van der Waals surface area (Å²) in [4.78, 5) is 23.1. The SMILES string of the molecule is CC(C)(C)c1nc(C(=O)O)c(-c2cncs2)[nH]1. The first-order valence-electron chi connectivity index (χ1n) is 5.12. The van der Waals surface area contributed by atoms with Gasteiger partial charge in [-0.3, -0.25) is 4.98 Å². The number of nitrogens with one attached hydrogen (secondary N) is 1. The Morgan fingerprint density at radius 2 is 2.18 bits per heavy atom. The van der Waals surface area contributed by atoms with Crippen LogP contribution >= 0.6 is 11.3 Å². The molecule has 17 heavy (non-hydrogen) atoms.